The third-order valence-electron chi connectivity index (χ3n) is 4.54. The summed E-state index contributed by atoms with van der Waals surface area (Å²) >= 11 is 0. The zero-order valence-corrected chi connectivity index (χ0v) is 16.2. The van der Waals surface area contributed by atoms with Crippen molar-refractivity contribution >= 4 is 0 Å². The van der Waals surface area contributed by atoms with E-state index in [2.05, 4.69) is 4.90 Å². The predicted molar refractivity (Wildman–Crippen MR) is 107 cm³/mol. The molecule has 0 spiro atoms. The fraction of sp³-hybridized carbons (Fsp3) is 0.455. The van der Waals surface area contributed by atoms with Crippen molar-refractivity contribution in [3.8, 4) is 11.5 Å². The van der Waals surface area contributed by atoms with E-state index in [1.54, 1.807) is 0 Å². The van der Waals surface area contributed by atoms with Crippen LogP contribution in [0.25, 0.3) is 0 Å². The van der Waals surface area contributed by atoms with Crippen LogP contribution in [0.15, 0.2) is 54.6 Å². The molecule has 152 valence electrons. The van der Waals surface area contributed by atoms with Crippen molar-refractivity contribution in [1.29, 1.82) is 0 Å². The standard InChI is InChI=1S/C22H29NO5/c24-20(19-6-2-1-3-7-19)18-23-10-12-25-14-16-27-21-8-4-5-9-22(21)28-17-15-26-13-11-23/h1-9,20,24H,10-18H2. The molecule has 1 atom stereocenters. The Kier molecular flexibility index (Phi) is 8.58. The summed E-state index contributed by atoms with van der Waals surface area (Å²) in [5, 5.41) is 10.5. The lowest BCUT2D eigenvalue weighted by molar-refractivity contribution is 0.0394. The van der Waals surface area contributed by atoms with Crippen molar-refractivity contribution in [2.45, 2.75) is 6.10 Å². The molecule has 1 aliphatic rings. The fourth-order valence-corrected chi connectivity index (χ4v) is 3.02. The first-order valence-electron chi connectivity index (χ1n) is 9.78. The van der Waals surface area contributed by atoms with E-state index in [9.17, 15) is 5.11 Å². The third kappa shape index (κ3) is 6.80. The maximum Gasteiger partial charge on any atom is 0.161 e. The largest absolute Gasteiger partial charge is 0.487 e. The number of hydrogen-bond acceptors (Lipinski definition) is 6. The Morgan fingerprint density at radius 3 is 1.82 bits per heavy atom. The summed E-state index contributed by atoms with van der Waals surface area (Å²) in [6, 6.07) is 17.3. The summed E-state index contributed by atoms with van der Waals surface area (Å²) in [6.45, 7) is 5.05. The average molecular weight is 387 g/mol. The Balaban J connectivity index is 1.52. The first kappa shape index (κ1) is 20.6. The summed E-state index contributed by atoms with van der Waals surface area (Å²) in [6.07, 6.45) is -0.538. The molecule has 1 aliphatic heterocycles. The van der Waals surface area contributed by atoms with Crippen LogP contribution in [-0.2, 0) is 9.47 Å². The van der Waals surface area contributed by atoms with Gasteiger partial charge >= 0.3 is 0 Å². The first-order valence-corrected chi connectivity index (χ1v) is 9.78. The highest BCUT2D eigenvalue weighted by Crippen LogP contribution is 2.26. The first-order chi connectivity index (χ1) is 13.8. The maximum atomic E-state index is 10.5. The number of para-hydroxylation sites is 2. The Morgan fingerprint density at radius 2 is 1.25 bits per heavy atom. The van der Waals surface area contributed by atoms with Crippen LogP contribution in [0.3, 0.4) is 0 Å². The fourth-order valence-electron chi connectivity index (χ4n) is 3.02. The van der Waals surface area contributed by atoms with Gasteiger partial charge in [-0.25, -0.2) is 0 Å². The molecule has 1 N–H and O–H groups in total. The van der Waals surface area contributed by atoms with E-state index in [1.165, 1.54) is 0 Å². The van der Waals surface area contributed by atoms with Crippen LogP contribution >= 0.6 is 0 Å². The van der Waals surface area contributed by atoms with Gasteiger partial charge in [-0.05, 0) is 17.7 Å². The summed E-state index contributed by atoms with van der Waals surface area (Å²) in [5.74, 6) is 1.43. The van der Waals surface area contributed by atoms with Crippen LogP contribution in [0.5, 0.6) is 11.5 Å². The summed E-state index contributed by atoms with van der Waals surface area (Å²) < 4.78 is 23.0. The van der Waals surface area contributed by atoms with Crippen molar-refractivity contribution in [2.75, 3.05) is 59.3 Å². The Morgan fingerprint density at radius 1 is 0.714 bits per heavy atom. The van der Waals surface area contributed by atoms with Gasteiger partial charge in [0, 0.05) is 19.6 Å². The molecule has 0 saturated carbocycles. The highest BCUT2D eigenvalue weighted by Gasteiger charge is 2.14. The maximum absolute atomic E-state index is 10.5. The Bertz CT molecular complexity index is 647. The molecule has 3 rings (SSSR count). The van der Waals surface area contributed by atoms with Crippen molar-refractivity contribution in [3.63, 3.8) is 0 Å². The lowest BCUT2D eigenvalue weighted by atomic mass is 10.1. The summed E-state index contributed by atoms with van der Waals surface area (Å²) in [7, 11) is 0. The molecular formula is C22H29NO5. The van der Waals surface area contributed by atoms with Crippen molar-refractivity contribution in [1.82, 2.24) is 4.90 Å². The average Bonchev–Trinajstić information content (AvgIpc) is 2.74. The summed E-state index contributed by atoms with van der Waals surface area (Å²) in [5.41, 5.74) is 0.916. The van der Waals surface area contributed by atoms with Gasteiger partial charge in [0.25, 0.3) is 0 Å². The summed E-state index contributed by atoms with van der Waals surface area (Å²) in [4.78, 5) is 2.16. The second-order valence-corrected chi connectivity index (χ2v) is 6.60. The van der Waals surface area contributed by atoms with Gasteiger partial charge in [0.05, 0.1) is 32.5 Å². The van der Waals surface area contributed by atoms with Crippen molar-refractivity contribution in [2.24, 2.45) is 0 Å². The van der Waals surface area contributed by atoms with Gasteiger partial charge in [0.2, 0.25) is 0 Å². The molecule has 6 nitrogen and oxygen atoms in total. The molecule has 0 fully saturated rings. The molecule has 1 heterocycles. The smallest absolute Gasteiger partial charge is 0.161 e. The number of hydrogen-bond donors (Lipinski definition) is 1. The van der Waals surface area contributed by atoms with Gasteiger partial charge in [0.15, 0.2) is 11.5 Å². The van der Waals surface area contributed by atoms with Crippen LogP contribution in [0.1, 0.15) is 11.7 Å². The number of rotatable bonds is 3. The Hall–Kier alpha value is -2.12. The molecule has 1 unspecified atom stereocenters. The van der Waals surface area contributed by atoms with Gasteiger partial charge in [-0.1, -0.05) is 42.5 Å². The topological polar surface area (TPSA) is 60.4 Å². The Labute approximate surface area is 166 Å². The van der Waals surface area contributed by atoms with E-state index in [0.717, 1.165) is 18.7 Å². The molecule has 2 aromatic rings. The minimum Gasteiger partial charge on any atom is -0.487 e. The molecule has 2 aromatic carbocycles. The second-order valence-electron chi connectivity index (χ2n) is 6.60. The van der Waals surface area contributed by atoms with Gasteiger partial charge in [0.1, 0.15) is 13.2 Å². The van der Waals surface area contributed by atoms with Crippen LogP contribution in [-0.4, -0.2) is 69.3 Å². The molecule has 0 bridgehead atoms. The SMILES string of the molecule is OC(CN1CCOCCOc2ccccc2OCCOCC1)c1ccccc1. The molecule has 0 radical (unpaired) electrons. The number of aliphatic hydroxyl groups excluding tert-OH is 1. The number of fused-ring (bicyclic) bond motifs is 1. The molecule has 28 heavy (non-hydrogen) atoms. The quantitative estimate of drug-likeness (QED) is 0.873. The van der Waals surface area contributed by atoms with Gasteiger partial charge in [-0.15, -0.1) is 0 Å². The lowest BCUT2D eigenvalue weighted by Crippen LogP contribution is -2.35. The number of nitrogens with zero attached hydrogens (tertiary/aromatic N) is 1. The van der Waals surface area contributed by atoms with Crippen molar-refractivity contribution < 1.29 is 24.1 Å². The lowest BCUT2D eigenvalue weighted by Gasteiger charge is -2.25. The highest BCUT2D eigenvalue weighted by atomic mass is 16.6. The minimum atomic E-state index is -0.538. The van der Waals surface area contributed by atoms with Crippen LogP contribution < -0.4 is 9.47 Å². The molecule has 6 heteroatoms. The van der Waals surface area contributed by atoms with Crippen LogP contribution in [0, 0.1) is 0 Å². The number of benzene rings is 2. The zero-order valence-electron chi connectivity index (χ0n) is 16.2. The number of aliphatic hydroxyl groups is 1. The second kappa shape index (κ2) is 11.7. The number of ether oxygens (including phenoxy) is 4. The monoisotopic (exact) mass is 387 g/mol. The number of β-amino-alcohol motifs (C(OH)–C–C–N with tert-alkyl or cyclic N) is 1. The molecule has 0 amide bonds. The third-order valence-corrected chi connectivity index (χ3v) is 4.54. The zero-order chi connectivity index (χ0) is 19.4. The van der Waals surface area contributed by atoms with Gasteiger partial charge < -0.3 is 24.1 Å². The van der Waals surface area contributed by atoms with E-state index in [0.29, 0.717) is 57.7 Å². The molecule has 0 aromatic heterocycles. The van der Waals surface area contributed by atoms with Crippen LogP contribution in [0.2, 0.25) is 0 Å². The molecule has 0 aliphatic carbocycles. The predicted octanol–water partition coefficient (Wildman–Crippen LogP) is 2.53. The normalized spacial score (nSPS) is 18.6. The van der Waals surface area contributed by atoms with E-state index in [4.69, 9.17) is 18.9 Å². The molecule has 0 saturated heterocycles. The minimum absolute atomic E-state index is 0.462. The van der Waals surface area contributed by atoms with E-state index >= 15 is 0 Å². The van der Waals surface area contributed by atoms with E-state index < -0.39 is 6.10 Å². The van der Waals surface area contributed by atoms with Crippen molar-refractivity contribution in [3.05, 3.63) is 60.2 Å². The molecular weight excluding hydrogens is 358 g/mol. The van der Waals surface area contributed by atoms with Gasteiger partial charge in [-0.2, -0.15) is 0 Å². The van der Waals surface area contributed by atoms with E-state index in [1.807, 2.05) is 54.6 Å². The van der Waals surface area contributed by atoms with E-state index in [-0.39, 0.29) is 0 Å². The van der Waals surface area contributed by atoms with Crippen LogP contribution in [0.4, 0.5) is 0 Å². The van der Waals surface area contributed by atoms with Gasteiger partial charge in [-0.3, -0.25) is 4.90 Å². The highest BCUT2D eigenvalue weighted by molar-refractivity contribution is 5.39.